The Morgan fingerprint density at radius 1 is 0.810 bits per heavy atom. The number of primary amides is 1. The van der Waals surface area contributed by atoms with Gasteiger partial charge >= 0.3 is 6.09 Å². The number of ether oxygens (including phenoxy) is 1. The normalized spacial score (nSPS) is 12.6. The highest BCUT2D eigenvalue weighted by molar-refractivity contribution is 5.91. The maximum absolute atomic E-state index is 14.2. The topological polar surface area (TPSA) is 114 Å². The Morgan fingerprint density at radius 3 is 1.95 bits per heavy atom. The highest BCUT2D eigenvalue weighted by Gasteiger charge is 2.34. The van der Waals surface area contributed by atoms with Gasteiger partial charge in [0, 0.05) is 30.8 Å². The van der Waals surface area contributed by atoms with Crippen LogP contribution in [0, 0.1) is 0 Å². The van der Waals surface area contributed by atoms with E-state index in [1.165, 1.54) is 0 Å². The van der Waals surface area contributed by atoms with Crippen LogP contribution in [0.5, 0.6) is 0 Å². The zero-order chi connectivity index (χ0) is 30.5. The molecule has 4 N–H and O–H groups in total. The fourth-order valence-corrected chi connectivity index (χ4v) is 4.65. The van der Waals surface area contributed by atoms with Crippen LogP contribution < -0.4 is 16.4 Å². The maximum Gasteiger partial charge on any atom is 0.408 e. The number of carbonyl (C=O) groups is 3. The molecule has 8 nitrogen and oxygen atoms in total. The SMILES string of the molecule is CCCCCN(C(=O)[C@H](Cc1ccccc1)NC(=O)OC(C)(C)C)[C@@H](Cc1ccc(Nc2ccccc2)cc1)C(N)=O. The highest BCUT2D eigenvalue weighted by Crippen LogP contribution is 2.20. The van der Waals surface area contributed by atoms with E-state index in [4.69, 9.17) is 10.5 Å². The minimum atomic E-state index is -0.942. The minimum Gasteiger partial charge on any atom is -0.444 e. The molecule has 0 aromatic heterocycles. The summed E-state index contributed by atoms with van der Waals surface area (Å²) in [6, 6.07) is 25.2. The molecule has 0 aliphatic rings. The Hall–Kier alpha value is -4.33. The number of amides is 3. The molecule has 3 aromatic rings. The van der Waals surface area contributed by atoms with E-state index >= 15 is 0 Å². The standard InChI is InChI=1S/C34H44N4O4/c1-5-6-13-22-38(32(40)29(23-25-14-9-7-10-15-25)37-33(41)42-34(2,3)4)30(31(35)39)24-26-18-20-28(21-19-26)36-27-16-11-8-12-17-27/h7-12,14-21,29-30,36H,5-6,13,22-24H2,1-4H3,(H2,35,39)(H,37,41)/t29-,30-/m0/s1. The van der Waals surface area contributed by atoms with Gasteiger partial charge in [-0.2, -0.15) is 0 Å². The van der Waals surface area contributed by atoms with E-state index < -0.39 is 29.7 Å². The van der Waals surface area contributed by atoms with Crippen LogP contribution in [0.15, 0.2) is 84.9 Å². The van der Waals surface area contributed by atoms with E-state index in [2.05, 4.69) is 17.6 Å². The van der Waals surface area contributed by atoms with Gasteiger partial charge in [0.2, 0.25) is 11.8 Å². The summed E-state index contributed by atoms with van der Waals surface area (Å²) in [6.45, 7) is 7.71. The third kappa shape index (κ3) is 10.6. The molecule has 0 saturated heterocycles. The number of nitrogens with two attached hydrogens (primary N) is 1. The number of nitrogens with zero attached hydrogens (tertiary/aromatic N) is 1. The van der Waals surface area contributed by atoms with E-state index in [-0.39, 0.29) is 18.7 Å². The summed E-state index contributed by atoms with van der Waals surface area (Å²) in [6.07, 6.45) is 2.34. The first kappa shape index (κ1) is 32.2. The third-order valence-corrected chi connectivity index (χ3v) is 6.71. The molecule has 0 heterocycles. The fourth-order valence-electron chi connectivity index (χ4n) is 4.65. The number of para-hydroxylation sites is 1. The molecule has 2 atom stereocenters. The minimum absolute atomic E-state index is 0.245. The first-order valence-corrected chi connectivity index (χ1v) is 14.6. The van der Waals surface area contributed by atoms with Crippen molar-refractivity contribution < 1.29 is 19.1 Å². The summed E-state index contributed by atoms with van der Waals surface area (Å²) >= 11 is 0. The van der Waals surface area contributed by atoms with Crippen molar-refractivity contribution in [3.8, 4) is 0 Å². The van der Waals surface area contributed by atoms with Gasteiger partial charge in [-0.1, -0.05) is 80.4 Å². The number of benzene rings is 3. The van der Waals surface area contributed by atoms with Gasteiger partial charge in [0.05, 0.1) is 0 Å². The number of carbonyl (C=O) groups excluding carboxylic acids is 3. The molecule has 0 bridgehead atoms. The summed E-state index contributed by atoms with van der Waals surface area (Å²) in [5, 5.41) is 6.11. The zero-order valence-corrected chi connectivity index (χ0v) is 25.1. The molecular formula is C34H44N4O4. The number of rotatable bonds is 14. The summed E-state index contributed by atoms with van der Waals surface area (Å²) in [5.41, 5.74) is 8.82. The second-order valence-electron chi connectivity index (χ2n) is 11.4. The van der Waals surface area contributed by atoms with Crippen molar-refractivity contribution in [3.63, 3.8) is 0 Å². The monoisotopic (exact) mass is 572 g/mol. The second kappa shape index (κ2) is 15.6. The fraction of sp³-hybridized carbons (Fsp3) is 0.382. The average Bonchev–Trinajstić information content (AvgIpc) is 2.95. The molecule has 0 aliphatic carbocycles. The van der Waals surface area contributed by atoms with Gasteiger partial charge in [0.1, 0.15) is 17.7 Å². The molecule has 3 rings (SSSR count). The quantitative estimate of drug-likeness (QED) is 0.206. The van der Waals surface area contributed by atoms with E-state index in [1.54, 1.807) is 25.7 Å². The molecule has 0 fully saturated rings. The number of hydrogen-bond donors (Lipinski definition) is 3. The Balaban J connectivity index is 1.86. The smallest absolute Gasteiger partial charge is 0.408 e. The average molecular weight is 573 g/mol. The summed E-state index contributed by atoms with van der Waals surface area (Å²) in [7, 11) is 0. The van der Waals surface area contributed by atoms with E-state index in [9.17, 15) is 14.4 Å². The van der Waals surface area contributed by atoms with Gasteiger partial charge in [-0.25, -0.2) is 4.79 Å². The lowest BCUT2D eigenvalue weighted by molar-refractivity contribution is -0.141. The van der Waals surface area contributed by atoms with Crippen molar-refractivity contribution in [2.75, 3.05) is 11.9 Å². The molecule has 0 saturated carbocycles. The summed E-state index contributed by atoms with van der Waals surface area (Å²) in [4.78, 5) is 41.4. The van der Waals surface area contributed by atoms with Gasteiger partial charge in [0.25, 0.3) is 0 Å². The number of hydrogen-bond acceptors (Lipinski definition) is 5. The van der Waals surface area contributed by atoms with Crippen LogP contribution >= 0.6 is 0 Å². The van der Waals surface area contributed by atoms with Gasteiger partial charge in [-0.15, -0.1) is 0 Å². The van der Waals surface area contributed by atoms with Crippen molar-refractivity contribution in [1.82, 2.24) is 10.2 Å². The number of unbranched alkanes of at least 4 members (excludes halogenated alkanes) is 2. The molecule has 0 radical (unpaired) electrons. The van der Waals surface area contributed by atoms with Crippen molar-refractivity contribution in [2.24, 2.45) is 5.73 Å². The lowest BCUT2D eigenvalue weighted by Crippen LogP contribution is -2.57. The Morgan fingerprint density at radius 2 is 1.38 bits per heavy atom. The second-order valence-corrected chi connectivity index (χ2v) is 11.4. The van der Waals surface area contributed by atoms with Gasteiger partial charge in [0.15, 0.2) is 0 Å². The molecule has 0 spiro atoms. The van der Waals surface area contributed by atoms with Crippen molar-refractivity contribution in [1.29, 1.82) is 0 Å². The molecular weight excluding hydrogens is 528 g/mol. The largest absolute Gasteiger partial charge is 0.444 e. The summed E-state index contributed by atoms with van der Waals surface area (Å²) in [5.74, 6) is -0.964. The molecule has 3 amide bonds. The van der Waals surface area contributed by atoms with E-state index in [0.29, 0.717) is 13.0 Å². The van der Waals surface area contributed by atoms with Crippen LogP contribution in [0.4, 0.5) is 16.2 Å². The van der Waals surface area contributed by atoms with Crippen molar-refractivity contribution in [3.05, 3.63) is 96.1 Å². The molecule has 0 unspecified atom stereocenters. The first-order valence-electron chi connectivity index (χ1n) is 14.6. The third-order valence-electron chi connectivity index (χ3n) is 6.71. The molecule has 224 valence electrons. The number of alkyl carbamates (subject to hydrolysis) is 1. The molecule has 3 aromatic carbocycles. The van der Waals surface area contributed by atoms with Crippen LogP contribution in [0.1, 0.15) is 58.1 Å². The Kier molecular flexibility index (Phi) is 12.0. The molecule has 42 heavy (non-hydrogen) atoms. The van der Waals surface area contributed by atoms with Crippen LogP contribution in [0.25, 0.3) is 0 Å². The Bertz CT molecular complexity index is 1270. The predicted octanol–water partition coefficient (Wildman–Crippen LogP) is 5.98. The zero-order valence-electron chi connectivity index (χ0n) is 25.1. The van der Waals surface area contributed by atoms with Crippen LogP contribution in [0.2, 0.25) is 0 Å². The Labute approximate surface area is 249 Å². The van der Waals surface area contributed by atoms with Crippen molar-refractivity contribution in [2.45, 2.75) is 77.5 Å². The van der Waals surface area contributed by atoms with Crippen molar-refractivity contribution >= 4 is 29.3 Å². The van der Waals surface area contributed by atoms with E-state index in [1.807, 2.05) is 84.9 Å². The lowest BCUT2D eigenvalue weighted by Gasteiger charge is -2.34. The first-order chi connectivity index (χ1) is 20.1. The highest BCUT2D eigenvalue weighted by atomic mass is 16.6. The summed E-state index contributed by atoms with van der Waals surface area (Å²) < 4.78 is 5.47. The van der Waals surface area contributed by atoms with E-state index in [0.717, 1.165) is 35.3 Å². The number of nitrogens with one attached hydrogen (secondary N) is 2. The van der Waals surface area contributed by atoms with Gasteiger partial charge < -0.3 is 26.0 Å². The number of anilines is 2. The molecule has 8 heteroatoms. The maximum atomic E-state index is 14.2. The van der Waals surface area contributed by atoms with Gasteiger partial charge in [-0.05, 0) is 62.6 Å². The van der Waals surface area contributed by atoms with Crippen LogP contribution in [0.3, 0.4) is 0 Å². The van der Waals surface area contributed by atoms with Gasteiger partial charge in [-0.3, -0.25) is 9.59 Å². The molecule has 0 aliphatic heterocycles. The lowest BCUT2D eigenvalue weighted by atomic mass is 9.99. The predicted molar refractivity (Wildman–Crippen MR) is 167 cm³/mol. The van der Waals surface area contributed by atoms with Crippen LogP contribution in [-0.2, 0) is 27.2 Å². The van der Waals surface area contributed by atoms with Crippen LogP contribution in [-0.4, -0.2) is 47.0 Å².